The highest BCUT2D eigenvalue weighted by atomic mass is 19.4. The van der Waals surface area contributed by atoms with Crippen LogP contribution in [0.5, 0.6) is 0 Å². The second-order valence-electron chi connectivity index (χ2n) is 3.34. The molecule has 0 aliphatic rings. The highest BCUT2D eigenvalue weighted by Crippen LogP contribution is 2.19. The van der Waals surface area contributed by atoms with E-state index in [0.717, 1.165) is 5.56 Å². The van der Waals surface area contributed by atoms with E-state index in [1.165, 1.54) is 0 Å². The van der Waals surface area contributed by atoms with Crippen LogP contribution in [0.25, 0.3) is 0 Å². The topological polar surface area (TPSA) is 0 Å². The first-order chi connectivity index (χ1) is 5.88. The summed E-state index contributed by atoms with van der Waals surface area (Å²) in [4.78, 5) is 0. The normalized spacial score (nSPS) is 11.8. The Morgan fingerprint density at radius 1 is 1.15 bits per heavy atom. The van der Waals surface area contributed by atoms with Gasteiger partial charge in [-0.25, -0.2) is 0 Å². The van der Waals surface area contributed by atoms with E-state index in [1.54, 1.807) is 26.0 Å². The zero-order chi connectivity index (χ0) is 10.1. The second kappa shape index (κ2) is 3.44. The van der Waals surface area contributed by atoms with Crippen molar-refractivity contribution in [1.29, 1.82) is 0 Å². The fourth-order valence-corrected chi connectivity index (χ4v) is 1.27. The summed E-state index contributed by atoms with van der Waals surface area (Å²) >= 11 is 0. The Balaban J connectivity index is 2.94. The lowest BCUT2D eigenvalue weighted by Crippen LogP contribution is -2.20. The molecule has 1 aromatic rings. The number of hydrogen-bond acceptors (Lipinski definition) is 0. The van der Waals surface area contributed by atoms with Gasteiger partial charge >= 0.3 is 6.98 Å². The van der Waals surface area contributed by atoms with Gasteiger partial charge in [-0.3, -0.25) is 0 Å². The van der Waals surface area contributed by atoms with Crippen molar-refractivity contribution in [3.63, 3.8) is 0 Å². The van der Waals surface area contributed by atoms with Gasteiger partial charge in [0.25, 0.3) is 0 Å². The van der Waals surface area contributed by atoms with Crippen LogP contribution in [0.1, 0.15) is 16.7 Å². The smallest absolute Gasteiger partial charge is 0.449 e. The lowest BCUT2D eigenvalue weighted by Gasteiger charge is -2.15. The summed E-state index contributed by atoms with van der Waals surface area (Å²) < 4.78 is 36.3. The minimum atomic E-state index is -4.72. The summed E-state index contributed by atoms with van der Waals surface area (Å²) in [6.45, 7) is -1.21. The zero-order valence-corrected chi connectivity index (χ0v) is 7.65. The van der Waals surface area contributed by atoms with Crippen LogP contribution in [0.2, 0.25) is 0 Å². The first-order valence-corrected chi connectivity index (χ1v) is 4.15. The molecule has 13 heavy (non-hydrogen) atoms. The molecule has 0 bridgehead atoms. The molecule has 0 unspecified atom stereocenters. The minimum Gasteiger partial charge on any atom is -0.449 e. The zero-order valence-electron chi connectivity index (χ0n) is 7.65. The van der Waals surface area contributed by atoms with E-state index in [-0.39, 0.29) is 0 Å². The Morgan fingerprint density at radius 2 is 1.77 bits per heavy atom. The highest BCUT2D eigenvalue weighted by molar-refractivity contribution is 6.57. The fourth-order valence-electron chi connectivity index (χ4n) is 1.27. The molecule has 0 aliphatic carbocycles. The Labute approximate surface area is 75.8 Å². The molecule has 4 heteroatoms. The Morgan fingerprint density at radius 3 is 2.31 bits per heavy atom. The van der Waals surface area contributed by atoms with Crippen molar-refractivity contribution in [2.24, 2.45) is 0 Å². The average molecular weight is 187 g/mol. The van der Waals surface area contributed by atoms with Gasteiger partial charge in [-0.1, -0.05) is 41.2 Å². The maximum atomic E-state index is 12.1. The van der Waals surface area contributed by atoms with Crippen molar-refractivity contribution in [3.8, 4) is 0 Å². The maximum absolute atomic E-state index is 12.1. The predicted octanol–water partition coefficient (Wildman–Crippen LogP) is 3.23. The molecule has 0 saturated carbocycles. The Bertz CT molecular complexity index is 304. The van der Waals surface area contributed by atoms with Gasteiger partial charge in [-0.2, -0.15) is 0 Å². The average Bonchev–Trinajstić information content (AvgIpc) is 1.94. The van der Waals surface area contributed by atoms with E-state index >= 15 is 0 Å². The van der Waals surface area contributed by atoms with Crippen LogP contribution < -0.4 is 0 Å². The summed E-state index contributed by atoms with van der Waals surface area (Å²) in [6.07, 6.45) is -0.770. The molecule has 0 amide bonds. The number of hydrogen-bond donors (Lipinski definition) is 0. The maximum Gasteiger partial charge on any atom is 0.482 e. The van der Waals surface area contributed by atoms with Crippen molar-refractivity contribution >= 4 is 6.98 Å². The van der Waals surface area contributed by atoms with Crippen LogP contribution in [-0.2, 0) is 6.32 Å². The fraction of sp³-hybridized carbons (Fsp3) is 0.333. The molecule has 72 valence electrons. The van der Waals surface area contributed by atoms with Crippen molar-refractivity contribution in [2.45, 2.75) is 20.2 Å². The van der Waals surface area contributed by atoms with Crippen LogP contribution >= 0.6 is 0 Å². The molecule has 0 aromatic heterocycles. The number of aryl methyl sites for hydroxylation is 2. The minimum absolute atomic E-state index is 0.396. The molecule has 1 rings (SSSR count). The van der Waals surface area contributed by atoms with Crippen LogP contribution in [0.15, 0.2) is 18.2 Å². The lowest BCUT2D eigenvalue weighted by molar-refractivity contribution is 0.468. The van der Waals surface area contributed by atoms with Crippen molar-refractivity contribution in [3.05, 3.63) is 34.9 Å². The third-order valence-corrected chi connectivity index (χ3v) is 1.96. The number of benzene rings is 1. The highest BCUT2D eigenvalue weighted by Gasteiger charge is 2.23. The first-order valence-electron chi connectivity index (χ1n) is 4.15. The van der Waals surface area contributed by atoms with Gasteiger partial charge in [-0.15, -0.1) is 0 Å². The van der Waals surface area contributed by atoms with E-state index in [0.29, 0.717) is 11.1 Å². The van der Waals surface area contributed by atoms with Crippen molar-refractivity contribution in [2.75, 3.05) is 0 Å². The molecule has 0 N–H and O–H groups in total. The van der Waals surface area contributed by atoms with E-state index < -0.39 is 13.3 Å². The van der Waals surface area contributed by atoms with Crippen LogP contribution in [-0.4, -0.2) is 6.98 Å². The molecule has 0 radical (unpaired) electrons. The standard InChI is InChI=1S/C9H11BF3/c1-7-3-4-8(2)9(5-7)6-10(11,12)13/h3-5H,6H2,1-2H3/q-1. The number of halogens is 3. The first kappa shape index (κ1) is 10.2. The SMILES string of the molecule is Cc1ccc(C)c(C[B-](F)(F)F)c1. The summed E-state index contributed by atoms with van der Waals surface area (Å²) in [5.74, 6) is 0. The van der Waals surface area contributed by atoms with Gasteiger partial charge in [0.2, 0.25) is 0 Å². The molecule has 0 spiro atoms. The molecular formula is C9H11BF3-. The molecule has 0 heterocycles. The largest absolute Gasteiger partial charge is 0.482 e. The lowest BCUT2D eigenvalue weighted by atomic mass is 9.80. The third-order valence-electron chi connectivity index (χ3n) is 1.96. The summed E-state index contributed by atoms with van der Waals surface area (Å²) in [5.41, 5.74) is 1.98. The molecule has 0 atom stereocenters. The predicted molar refractivity (Wildman–Crippen MR) is 48.7 cm³/mol. The Hall–Kier alpha value is -0.925. The van der Waals surface area contributed by atoms with Gasteiger partial charge < -0.3 is 12.9 Å². The van der Waals surface area contributed by atoms with E-state index in [1.807, 2.05) is 6.07 Å². The molecule has 0 nitrogen and oxygen atoms in total. The molecule has 1 aromatic carbocycles. The third kappa shape index (κ3) is 3.13. The van der Waals surface area contributed by atoms with Crippen LogP contribution in [0.3, 0.4) is 0 Å². The number of rotatable bonds is 2. The second-order valence-corrected chi connectivity index (χ2v) is 3.34. The molecular weight excluding hydrogens is 176 g/mol. The van der Waals surface area contributed by atoms with Crippen molar-refractivity contribution < 1.29 is 12.9 Å². The summed E-state index contributed by atoms with van der Waals surface area (Å²) in [5, 5.41) is 0. The Kier molecular flexibility index (Phi) is 2.69. The summed E-state index contributed by atoms with van der Waals surface area (Å²) in [7, 11) is 0. The van der Waals surface area contributed by atoms with E-state index in [2.05, 4.69) is 0 Å². The van der Waals surface area contributed by atoms with Gasteiger partial charge in [0.1, 0.15) is 0 Å². The van der Waals surface area contributed by atoms with E-state index in [4.69, 9.17) is 0 Å². The van der Waals surface area contributed by atoms with Gasteiger partial charge in [-0.05, 0) is 13.8 Å². The summed E-state index contributed by atoms with van der Waals surface area (Å²) in [6, 6.07) is 5.15. The van der Waals surface area contributed by atoms with Gasteiger partial charge in [0.15, 0.2) is 0 Å². The van der Waals surface area contributed by atoms with Gasteiger partial charge in [0.05, 0.1) is 0 Å². The quantitative estimate of drug-likeness (QED) is 0.623. The molecule has 0 fully saturated rings. The monoisotopic (exact) mass is 187 g/mol. The molecule has 0 saturated heterocycles. The van der Waals surface area contributed by atoms with E-state index in [9.17, 15) is 12.9 Å². The van der Waals surface area contributed by atoms with Crippen molar-refractivity contribution in [1.82, 2.24) is 0 Å². The van der Waals surface area contributed by atoms with Crippen LogP contribution in [0, 0.1) is 13.8 Å². The van der Waals surface area contributed by atoms with Gasteiger partial charge in [0, 0.05) is 0 Å². The van der Waals surface area contributed by atoms with Crippen LogP contribution in [0.4, 0.5) is 12.9 Å². The molecule has 0 aliphatic heterocycles.